The van der Waals surface area contributed by atoms with E-state index in [2.05, 4.69) is 0 Å². The molecule has 0 atom stereocenters. The Morgan fingerprint density at radius 1 is 0.382 bits per heavy atom. The Morgan fingerprint density at radius 3 is 1.00 bits per heavy atom. The highest BCUT2D eigenvalue weighted by atomic mass is 27.0. The predicted octanol–water partition coefficient (Wildman–Crippen LogP) is 3.47. The van der Waals surface area contributed by atoms with Gasteiger partial charge in [0.25, 0.3) is 17.2 Å². The first-order valence-electron chi connectivity index (χ1n) is 10.7. The molecule has 0 fully saturated rings. The van der Waals surface area contributed by atoms with Gasteiger partial charge in [-0.3, -0.25) is 0 Å². The van der Waals surface area contributed by atoms with E-state index >= 15 is 0 Å². The van der Waals surface area contributed by atoms with Crippen LogP contribution in [0.3, 0.4) is 0 Å². The number of hydrogen-bond acceptors (Lipinski definition) is 3. The maximum Gasteiger partial charge on any atom is 0.314 e. The van der Waals surface area contributed by atoms with E-state index in [0.717, 1.165) is 32.7 Å². The first-order valence-corrected chi connectivity index (χ1v) is 10.7. The first-order chi connectivity index (χ1) is 16.3. The van der Waals surface area contributed by atoms with Crippen molar-refractivity contribution in [1.29, 1.82) is 0 Å². The zero-order valence-corrected chi connectivity index (χ0v) is 19.2. The number of hydrogen-bond donors (Lipinski definition) is 0. The summed E-state index contributed by atoms with van der Waals surface area (Å²) in [7, 11) is 0. The molecule has 0 saturated heterocycles. The van der Waals surface area contributed by atoms with Crippen molar-refractivity contribution in [3.63, 3.8) is 0 Å². The molecule has 6 nitrogen and oxygen atoms in total. The van der Waals surface area contributed by atoms with Gasteiger partial charge in [0, 0.05) is 49.8 Å². The van der Waals surface area contributed by atoms with Gasteiger partial charge in [-0.25, -0.2) is 14.5 Å². The van der Waals surface area contributed by atoms with E-state index in [9.17, 15) is 0 Å². The Bertz CT molecular complexity index is 1410. The standard InChI is InChI=1S/C27H18N3O3.Al/c1-7-19-10-4-16-28-25(19)22(13-1)31-29-17-5-11-20-8-2-14-23(26(20)29)33-30-18-6-12-21-9-3-15-24(32-28)27(21)30;/h1-18H;/q+3;. The van der Waals surface area contributed by atoms with Crippen LogP contribution in [0.25, 0.3) is 32.7 Å². The molecule has 3 radical (unpaired) electrons. The average Bonchev–Trinajstić information content (AvgIpc) is 2.84. The van der Waals surface area contributed by atoms with Crippen molar-refractivity contribution in [2.24, 2.45) is 0 Å². The highest BCUT2D eigenvalue weighted by Crippen LogP contribution is 2.28. The van der Waals surface area contributed by atoms with Gasteiger partial charge in [-0.1, -0.05) is 18.2 Å². The summed E-state index contributed by atoms with van der Waals surface area (Å²) >= 11 is 0. The van der Waals surface area contributed by atoms with Gasteiger partial charge in [0.2, 0.25) is 18.6 Å². The molecule has 3 aromatic heterocycles. The molecule has 34 heavy (non-hydrogen) atoms. The van der Waals surface area contributed by atoms with Crippen LogP contribution in [0.2, 0.25) is 0 Å². The largest absolute Gasteiger partial charge is 0.314 e. The van der Waals surface area contributed by atoms with Gasteiger partial charge in [-0.15, -0.1) is 0 Å². The van der Waals surface area contributed by atoms with Crippen LogP contribution in [0.15, 0.2) is 110 Å². The Labute approximate surface area is 205 Å². The molecule has 0 unspecified atom stereocenters. The van der Waals surface area contributed by atoms with Crippen molar-refractivity contribution in [2.75, 3.05) is 0 Å². The van der Waals surface area contributed by atoms with E-state index in [1.807, 2.05) is 110 Å². The molecule has 1 aliphatic rings. The number of pyridine rings is 3. The van der Waals surface area contributed by atoms with Gasteiger partial charge < -0.3 is 0 Å². The van der Waals surface area contributed by atoms with E-state index in [1.165, 1.54) is 0 Å². The monoisotopic (exact) mass is 459 g/mol. The molecule has 1 aliphatic heterocycles. The third kappa shape index (κ3) is 3.14. The van der Waals surface area contributed by atoms with Gasteiger partial charge in [0.05, 0.1) is 16.2 Å². The van der Waals surface area contributed by atoms with Crippen LogP contribution in [-0.4, -0.2) is 17.4 Å². The van der Waals surface area contributed by atoms with Gasteiger partial charge in [-0.05, 0) is 54.6 Å². The summed E-state index contributed by atoms with van der Waals surface area (Å²) in [4.78, 5) is 19.3. The van der Waals surface area contributed by atoms with E-state index in [1.54, 1.807) is 14.2 Å². The maximum atomic E-state index is 6.45. The van der Waals surface area contributed by atoms with Crippen LogP contribution >= 0.6 is 0 Å². The van der Waals surface area contributed by atoms with Gasteiger partial charge in [-0.2, -0.15) is 0 Å². The molecule has 7 heteroatoms. The molecule has 0 spiro atoms. The summed E-state index contributed by atoms with van der Waals surface area (Å²) in [5.41, 5.74) is 2.47. The lowest BCUT2D eigenvalue weighted by Crippen LogP contribution is -2.47. The summed E-state index contributed by atoms with van der Waals surface area (Å²) in [5, 5.41) is 2.99. The molecule has 3 aromatic carbocycles. The van der Waals surface area contributed by atoms with E-state index in [4.69, 9.17) is 14.5 Å². The lowest BCUT2D eigenvalue weighted by Gasteiger charge is -2.08. The Kier molecular flexibility index (Phi) is 4.80. The molecule has 0 saturated carbocycles. The molecular weight excluding hydrogens is 441 g/mol. The van der Waals surface area contributed by atoms with Crippen LogP contribution in [0.1, 0.15) is 0 Å². The molecule has 0 N–H and O–H groups in total. The van der Waals surface area contributed by atoms with Crippen molar-refractivity contribution >= 4 is 50.1 Å². The molecular formula is C27H18AlN3O3+3. The fourth-order valence-corrected chi connectivity index (χ4v) is 4.39. The minimum absolute atomic E-state index is 0. The maximum absolute atomic E-state index is 6.45. The molecule has 0 amide bonds. The minimum Gasteiger partial charge on any atom is -0.223 e. The summed E-state index contributed by atoms with van der Waals surface area (Å²) in [6, 6.07) is 29.8. The quantitative estimate of drug-likeness (QED) is 0.258. The SMILES string of the molecule is [Al].c1cc2c3c(c1)ccc[n+]3Oc1cccc3ccc[n+](c13)Oc1cccc3ccc[n+](c13)O2. The zero-order valence-electron chi connectivity index (χ0n) is 18.0. The van der Waals surface area contributed by atoms with Gasteiger partial charge in [0.1, 0.15) is 0 Å². The molecule has 4 heterocycles. The van der Waals surface area contributed by atoms with Crippen molar-refractivity contribution in [1.82, 2.24) is 0 Å². The van der Waals surface area contributed by atoms with E-state index in [0.29, 0.717) is 17.2 Å². The number of aromatic nitrogens is 3. The topological polar surface area (TPSA) is 39.3 Å². The second kappa shape index (κ2) is 8.00. The molecule has 0 bridgehead atoms. The number of para-hydroxylation sites is 3. The Hall–Kier alpha value is -4.18. The highest BCUT2D eigenvalue weighted by molar-refractivity contribution is 5.83. The van der Waals surface area contributed by atoms with Crippen LogP contribution in [0.4, 0.5) is 0 Å². The van der Waals surface area contributed by atoms with E-state index in [-0.39, 0.29) is 17.4 Å². The second-order valence-corrected chi connectivity index (χ2v) is 7.86. The Morgan fingerprint density at radius 2 is 0.676 bits per heavy atom. The van der Waals surface area contributed by atoms with Crippen LogP contribution in [0.5, 0.6) is 17.2 Å². The van der Waals surface area contributed by atoms with Crippen molar-refractivity contribution < 1.29 is 28.7 Å². The van der Waals surface area contributed by atoms with Gasteiger partial charge in [0.15, 0.2) is 0 Å². The molecule has 0 aliphatic carbocycles. The van der Waals surface area contributed by atoms with Crippen LogP contribution in [0, 0.1) is 0 Å². The predicted molar refractivity (Wildman–Crippen MR) is 126 cm³/mol. The third-order valence-corrected chi connectivity index (χ3v) is 5.83. The van der Waals surface area contributed by atoms with Crippen LogP contribution < -0.4 is 28.7 Å². The fraction of sp³-hybridized carbons (Fsp3) is 0. The fourth-order valence-electron chi connectivity index (χ4n) is 4.39. The van der Waals surface area contributed by atoms with Crippen molar-refractivity contribution in [3.8, 4) is 17.2 Å². The normalized spacial score (nSPS) is 12.0. The first kappa shape index (κ1) is 20.4. The number of nitrogens with zero attached hydrogens (tertiary/aromatic N) is 3. The van der Waals surface area contributed by atoms with Crippen molar-refractivity contribution in [2.45, 2.75) is 0 Å². The molecule has 159 valence electrons. The number of benzene rings is 3. The Balaban J connectivity index is 0.00000217. The molecule has 7 rings (SSSR count). The average molecular weight is 459 g/mol. The van der Waals surface area contributed by atoms with Crippen molar-refractivity contribution in [3.05, 3.63) is 110 Å². The summed E-state index contributed by atoms with van der Waals surface area (Å²) < 4.78 is 5.22. The van der Waals surface area contributed by atoms with Crippen LogP contribution in [-0.2, 0) is 0 Å². The zero-order chi connectivity index (χ0) is 21.8. The summed E-state index contributed by atoms with van der Waals surface area (Å²) in [6.45, 7) is 0. The van der Waals surface area contributed by atoms with Gasteiger partial charge >= 0.3 is 16.6 Å². The molecule has 6 aromatic rings. The minimum atomic E-state index is 0. The third-order valence-electron chi connectivity index (χ3n) is 5.83. The van der Waals surface area contributed by atoms with E-state index < -0.39 is 0 Å². The highest BCUT2D eigenvalue weighted by Gasteiger charge is 2.29. The summed E-state index contributed by atoms with van der Waals surface area (Å²) in [5.74, 6) is 1.98. The summed E-state index contributed by atoms with van der Waals surface area (Å²) in [6.07, 6.45) is 5.65. The lowest BCUT2D eigenvalue weighted by molar-refractivity contribution is -0.877. The smallest absolute Gasteiger partial charge is 0.223 e. The number of rotatable bonds is 0. The second-order valence-electron chi connectivity index (χ2n) is 7.86. The lowest BCUT2D eigenvalue weighted by atomic mass is 10.2.